The lowest BCUT2D eigenvalue weighted by molar-refractivity contribution is 0.412. The molecule has 0 spiro atoms. The van der Waals surface area contributed by atoms with Crippen molar-refractivity contribution in [3.05, 3.63) is 0 Å². The van der Waals surface area contributed by atoms with Crippen LogP contribution in [0.25, 0.3) is 0 Å². The first-order valence-electron chi connectivity index (χ1n) is 5.01. The van der Waals surface area contributed by atoms with Crippen molar-refractivity contribution in [1.82, 2.24) is 0 Å². The van der Waals surface area contributed by atoms with Crippen LogP contribution in [0.4, 0.5) is 0 Å². The van der Waals surface area contributed by atoms with Gasteiger partial charge in [0.25, 0.3) is 0 Å². The molecule has 4 unspecified atom stereocenters. The van der Waals surface area contributed by atoms with E-state index in [0.29, 0.717) is 5.92 Å². The van der Waals surface area contributed by atoms with Crippen molar-refractivity contribution in [2.45, 2.75) is 37.5 Å². The minimum absolute atomic E-state index is 0.119. The predicted octanol–water partition coefficient (Wildman–Crippen LogP) is 0.547. The van der Waals surface area contributed by atoms with Crippen molar-refractivity contribution in [3.8, 4) is 0 Å². The minimum Gasteiger partial charge on any atom is -0.327 e. The van der Waals surface area contributed by atoms with E-state index < -0.39 is 9.84 Å². The highest BCUT2D eigenvalue weighted by molar-refractivity contribution is 7.92. The highest BCUT2D eigenvalue weighted by Gasteiger charge is 2.49. The van der Waals surface area contributed by atoms with Crippen molar-refractivity contribution in [2.24, 2.45) is 17.6 Å². The van der Waals surface area contributed by atoms with Crippen molar-refractivity contribution < 1.29 is 8.42 Å². The minimum atomic E-state index is -2.84. The molecule has 2 aliphatic carbocycles. The Morgan fingerprint density at radius 2 is 2.00 bits per heavy atom. The van der Waals surface area contributed by atoms with Gasteiger partial charge in [-0.05, 0) is 31.1 Å². The summed E-state index contributed by atoms with van der Waals surface area (Å²) in [5, 5.41) is -0.119. The third-order valence-electron chi connectivity index (χ3n) is 3.67. The van der Waals surface area contributed by atoms with Gasteiger partial charge in [0, 0.05) is 11.8 Å². The lowest BCUT2D eigenvalue weighted by Crippen LogP contribution is -2.40. The van der Waals surface area contributed by atoms with Crippen LogP contribution in [0.3, 0.4) is 0 Å². The molecule has 2 saturated carbocycles. The molecule has 2 rings (SSSR count). The molecule has 76 valence electrons. The summed E-state index contributed by atoms with van der Waals surface area (Å²) in [5.74, 6) is 1.12. The molecule has 2 aliphatic rings. The highest BCUT2D eigenvalue weighted by Crippen LogP contribution is 2.46. The Balaban J connectivity index is 2.20. The van der Waals surface area contributed by atoms with Crippen molar-refractivity contribution in [1.29, 1.82) is 0 Å². The molecule has 0 aromatic rings. The molecule has 0 radical (unpaired) electrons. The number of sulfone groups is 1. The van der Waals surface area contributed by atoms with Gasteiger partial charge in [0.05, 0.1) is 5.25 Å². The molecule has 0 aromatic carbocycles. The second kappa shape index (κ2) is 2.95. The first-order valence-corrected chi connectivity index (χ1v) is 6.73. The van der Waals surface area contributed by atoms with Crippen LogP contribution in [-0.2, 0) is 9.84 Å². The molecule has 13 heavy (non-hydrogen) atoms. The van der Waals surface area contributed by atoms with Gasteiger partial charge in [0.15, 0.2) is 9.84 Å². The topological polar surface area (TPSA) is 60.2 Å². The van der Waals surface area contributed by atoms with E-state index in [2.05, 4.69) is 0 Å². The summed E-state index contributed by atoms with van der Waals surface area (Å²) in [5.41, 5.74) is 5.90. The van der Waals surface area contributed by atoms with Crippen molar-refractivity contribution in [3.63, 3.8) is 0 Å². The average molecular weight is 203 g/mol. The third-order valence-corrected chi connectivity index (χ3v) is 5.94. The molecule has 0 saturated heterocycles. The SMILES string of the molecule is CCS(=O)(=O)C1CC2CC(N)C1C2. The van der Waals surface area contributed by atoms with E-state index in [1.165, 1.54) is 0 Å². The molecule has 3 nitrogen and oxygen atoms in total. The second-order valence-corrected chi connectivity index (χ2v) is 6.90. The van der Waals surface area contributed by atoms with E-state index >= 15 is 0 Å². The van der Waals surface area contributed by atoms with E-state index in [9.17, 15) is 8.42 Å². The molecule has 0 aromatic heterocycles. The first-order chi connectivity index (χ1) is 6.04. The Labute approximate surface area is 79.6 Å². The van der Waals surface area contributed by atoms with Gasteiger partial charge < -0.3 is 5.73 Å². The lowest BCUT2D eigenvalue weighted by Gasteiger charge is -2.26. The molecular weight excluding hydrogens is 186 g/mol. The normalized spacial score (nSPS) is 44.2. The maximum absolute atomic E-state index is 11.7. The summed E-state index contributed by atoms with van der Waals surface area (Å²) in [6, 6.07) is 0.144. The van der Waals surface area contributed by atoms with E-state index in [0.717, 1.165) is 19.3 Å². The fourth-order valence-corrected chi connectivity index (χ4v) is 4.80. The van der Waals surface area contributed by atoms with E-state index in [4.69, 9.17) is 5.73 Å². The van der Waals surface area contributed by atoms with Gasteiger partial charge in [0.2, 0.25) is 0 Å². The molecule has 2 N–H and O–H groups in total. The Morgan fingerprint density at radius 3 is 2.46 bits per heavy atom. The summed E-state index contributed by atoms with van der Waals surface area (Å²) in [4.78, 5) is 0. The Bertz CT molecular complexity index is 299. The summed E-state index contributed by atoms with van der Waals surface area (Å²) >= 11 is 0. The predicted molar refractivity (Wildman–Crippen MR) is 52.1 cm³/mol. The van der Waals surface area contributed by atoms with Crippen molar-refractivity contribution >= 4 is 9.84 Å². The Hall–Kier alpha value is -0.0900. The van der Waals surface area contributed by atoms with Crippen molar-refractivity contribution in [2.75, 3.05) is 5.75 Å². The zero-order valence-electron chi connectivity index (χ0n) is 7.94. The highest BCUT2D eigenvalue weighted by atomic mass is 32.2. The van der Waals surface area contributed by atoms with Crippen LogP contribution in [-0.4, -0.2) is 25.5 Å². The van der Waals surface area contributed by atoms with Crippen LogP contribution in [0.5, 0.6) is 0 Å². The van der Waals surface area contributed by atoms with Gasteiger partial charge in [-0.1, -0.05) is 6.92 Å². The number of fused-ring (bicyclic) bond motifs is 2. The van der Waals surface area contributed by atoms with Gasteiger partial charge in [-0.3, -0.25) is 0 Å². The molecule has 4 atom stereocenters. The molecule has 0 heterocycles. The summed E-state index contributed by atoms with van der Waals surface area (Å²) < 4.78 is 23.4. The maximum Gasteiger partial charge on any atom is 0.153 e. The fourth-order valence-electron chi connectivity index (χ4n) is 2.97. The molecule has 4 heteroatoms. The maximum atomic E-state index is 11.7. The van der Waals surface area contributed by atoms with E-state index in [1.807, 2.05) is 0 Å². The quantitative estimate of drug-likeness (QED) is 0.713. The molecule has 0 aliphatic heterocycles. The zero-order valence-corrected chi connectivity index (χ0v) is 8.76. The zero-order chi connectivity index (χ0) is 9.64. The Kier molecular flexibility index (Phi) is 2.15. The summed E-state index contributed by atoms with van der Waals surface area (Å²) in [7, 11) is -2.84. The first kappa shape index (κ1) is 9.46. The van der Waals surface area contributed by atoms with Crippen LogP contribution in [0.15, 0.2) is 0 Å². The fraction of sp³-hybridized carbons (Fsp3) is 1.00. The standard InChI is InChI=1S/C9H17NO2S/c1-2-13(11,12)9-5-6-3-7(9)8(10)4-6/h6-9H,2-5,10H2,1H3. The van der Waals surface area contributed by atoms with Gasteiger partial charge >= 0.3 is 0 Å². The van der Waals surface area contributed by atoms with Crippen LogP contribution in [0.2, 0.25) is 0 Å². The molecule has 0 amide bonds. The average Bonchev–Trinajstić information content (AvgIpc) is 2.62. The monoisotopic (exact) mass is 203 g/mol. The number of rotatable bonds is 2. The molecule has 2 fully saturated rings. The third kappa shape index (κ3) is 1.40. The lowest BCUT2D eigenvalue weighted by atomic mass is 9.96. The van der Waals surface area contributed by atoms with Crippen LogP contribution >= 0.6 is 0 Å². The summed E-state index contributed by atoms with van der Waals surface area (Å²) in [6.07, 6.45) is 2.96. The van der Waals surface area contributed by atoms with E-state index in [-0.39, 0.29) is 23.0 Å². The van der Waals surface area contributed by atoms with Gasteiger partial charge in [-0.25, -0.2) is 8.42 Å². The Morgan fingerprint density at radius 1 is 1.31 bits per heavy atom. The number of hydrogen-bond acceptors (Lipinski definition) is 3. The van der Waals surface area contributed by atoms with Gasteiger partial charge in [-0.15, -0.1) is 0 Å². The number of nitrogens with two attached hydrogens (primary N) is 1. The molecule has 2 bridgehead atoms. The van der Waals surface area contributed by atoms with E-state index in [1.54, 1.807) is 6.92 Å². The van der Waals surface area contributed by atoms with Crippen LogP contribution in [0.1, 0.15) is 26.2 Å². The van der Waals surface area contributed by atoms with Gasteiger partial charge in [0.1, 0.15) is 0 Å². The second-order valence-electron chi connectivity index (χ2n) is 4.39. The number of hydrogen-bond donors (Lipinski definition) is 1. The summed E-state index contributed by atoms with van der Waals surface area (Å²) in [6.45, 7) is 1.73. The van der Waals surface area contributed by atoms with Gasteiger partial charge in [-0.2, -0.15) is 0 Å². The largest absolute Gasteiger partial charge is 0.327 e. The van der Waals surface area contributed by atoms with Crippen LogP contribution in [0, 0.1) is 11.8 Å². The smallest absolute Gasteiger partial charge is 0.153 e. The molecular formula is C9H17NO2S. The van der Waals surface area contributed by atoms with Crippen LogP contribution < -0.4 is 5.73 Å².